The van der Waals surface area contributed by atoms with Crippen molar-refractivity contribution in [1.29, 1.82) is 0 Å². The van der Waals surface area contributed by atoms with Crippen LogP contribution in [0.25, 0.3) is 0 Å². The zero-order valence-electron chi connectivity index (χ0n) is 8.17. The number of carbonyl (C=O) groups excluding carboxylic acids is 1. The van der Waals surface area contributed by atoms with Crippen LogP contribution in [0, 0.1) is 5.92 Å². The molecule has 0 aliphatic rings. The molecule has 0 spiro atoms. The second-order valence-electron chi connectivity index (χ2n) is 3.28. The van der Waals surface area contributed by atoms with E-state index in [4.69, 9.17) is 9.84 Å². The van der Waals surface area contributed by atoms with E-state index in [1.54, 1.807) is 13.8 Å². The van der Waals surface area contributed by atoms with Crippen molar-refractivity contribution < 1.29 is 19.4 Å². The van der Waals surface area contributed by atoms with Gasteiger partial charge in [-0.2, -0.15) is 0 Å². The number of carboxylic acid groups (broad SMARTS) is 1. The average Bonchev–Trinajstić information content (AvgIpc) is 1.99. The maximum Gasteiger partial charge on any atom is 0.345 e. The lowest BCUT2D eigenvalue weighted by Crippen LogP contribution is -2.31. The molecule has 15 heavy (non-hydrogen) atoms. The third-order valence-electron chi connectivity index (χ3n) is 1.61. The summed E-state index contributed by atoms with van der Waals surface area (Å²) in [5, 5.41) is 8.62. The number of halogens is 3. The first-order chi connectivity index (χ1) is 6.64. The number of aliphatic carboxylic acids is 1. The Kier molecular flexibility index (Phi) is 6.36. The van der Waals surface area contributed by atoms with Crippen LogP contribution >= 0.6 is 47.8 Å². The molecule has 0 amide bonds. The molecule has 0 aromatic heterocycles. The fourth-order valence-electron chi connectivity index (χ4n) is 0.790. The highest BCUT2D eigenvalue weighted by Gasteiger charge is 2.34. The van der Waals surface area contributed by atoms with Crippen molar-refractivity contribution in [2.75, 3.05) is 0 Å². The first-order valence-corrected chi connectivity index (χ1v) is 6.52. The molecule has 0 radical (unpaired) electrons. The summed E-state index contributed by atoms with van der Waals surface area (Å²) in [5.74, 6) is -1.66. The van der Waals surface area contributed by atoms with E-state index in [2.05, 4.69) is 47.8 Å². The van der Waals surface area contributed by atoms with Crippen LogP contribution in [-0.4, -0.2) is 25.3 Å². The molecule has 0 aliphatic heterocycles. The fraction of sp³-hybridized carbons (Fsp3) is 0.750. The van der Waals surface area contributed by atoms with Gasteiger partial charge in [0.05, 0.1) is 6.42 Å². The van der Waals surface area contributed by atoms with Gasteiger partial charge in [-0.3, -0.25) is 4.79 Å². The first-order valence-electron chi connectivity index (χ1n) is 4.14. The van der Waals surface area contributed by atoms with Crippen LogP contribution in [0.3, 0.4) is 0 Å². The summed E-state index contributed by atoms with van der Waals surface area (Å²) in [5.41, 5.74) is 0. The van der Waals surface area contributed by atoms with Crippen molar-refractivity contribution in [3.05, 3.63) is 0 Å². The second-order valence-corrected chi connectivity index (χ2v) is 10.0. The second kappa shape index (κ2) is 6.20. The number of alkyl halides is 3. The SMILES string of the molecule is CC(C)C(CC(=O)O)OC(=O)C(Br)(Br)Br. The Labute approximate surface area is 113 Å². The van der Waals surface area contributed by atoms with E-state index < -0.39 is 20.2 Å². The van der Waals surface area contributed by atoms with E-state index in [0.717, 1.165) is 0 Å². The molecule has 0 aromatic rings. The maximum atomic E-state index is 11.4. The number of ether oxygens (including phenoxy) is 1. The molecule has 0 saturated carbocycles. The van der Waals surface area contributed by atoms with Crippen molar-refractivity contribution in [3.8, 4) is 0 Å². The Morgan fingerprint density at radius 3 is 2.07 bits per heavy atom. The Morgan fingerprint density at radius 1 is 1.33 bits per heavy atom. The van der Waals surface area contributed by atoms with E-state index in [1.807, 2.05) is 0 Å². The topological polar surface area (TPSA) is 63.6 Å². The van der Waals surface area contributed by atoms with E-state index in [0.29, 0.717) is 0 Å². The van der Waals surface area contributed by atoms with Gasteiger partial charge in [-0.15, -0.1) is 0 Å². The van der Waals surface area contributed by atoms with Crippen LogP contribution in [0.1, 0.15) is 20.3 Å². The molecule has 0 aromatic carbocycles. The lowest BCUT2D eigenvalue weighted by atomic mass is 10.0. The van der Waals surface area contributed by atoms with Crippen LogP contribution in [0.5, 0.6) is 0 Å². The van der Waals surface area contributed by atoms with Gasteiger partial charge in [0.25, 0.3) is 0 Å². The summed E-state index contributed by atoms with van der Waals surface area (Å²) in [4.78, 5) is 21.9. The highest BCUT2D eigenvalue weighted by atomic mass is 80.0. The van der Waals surface area contributed by atoms with Crippen molar-refractivity contribution >= 4 is 59.7 Å². The Balaban J connectivity index is 4.42. The van der Waals surface area contributed by atoms with Crippen LogP contribution in [0.4, 0.5) is 0 Å². The summed E-state index contributed by atoms with van der Waals surface area (Å²) < 4.78 is 3.87. The van der Waals surface area contributed by atoms with Gasteiger partial charge in [0.2, 0.25) is 2.14 Å². The highest BCUT2D eigenvalue weighted by Crippen LogP contribution is 2.35. The van der Waals surface area contributed by atoms with Gasteiger partial charge in [-0.05, 0) is 53.7 Å². The molecule has 0 saturated heterocycles. The summed E-state index contributed by atoms with van der Waals surface area (Å²) in [6, 6.07) is 0. The predicted octanol–water partition coefficient (Wildman–Crippen LogP) is 2.87. The lowest BCUT2D eigenvalue weighted by molar-refractivity contribution is -0.153. The molecule has 0 heterocycles. The minimum atomic E-state index is -1.15. The van der Waals surface area contributed by atoms with Crippen LogP contribution < -0.4 is 0 Å². The normalized spacial score (nSPS) is 13.7. The average molecular weight is 411 g/mol. The Morgan fingerprint density at radius 2 is 1.80 bits per heavy atom. The summed E-state index contributed by atoms with van der Waals surface area (Å²) in [7, 11) is 0. The molecule has 0 fully saturated rings. The smallest absolute Gasteiger partial charge is 0.345 e. The fourth-order valence-corrected chi connectivity index (χ4v) is 1.07. The van der Waals surface area contributed by atoms with Crippen molar-refractivity contribution in [1.82, 2.24) is 0 Å². The molecule has 0 aliphatic carbocycles. The standard InChI is InChI=1S/C8H11Br3O4/c1-4(2)5(3-6(12)13)15-7(14)8(9,10)11/h4-5H,3H2,1-2H3,(H,12,13). The van der Waals surface area contributed by atoms with Gasteiger partial charge in [-0.1, -0.05) is 13.8 Å². The molecule has 0 bridgehead atoms. The van der Waals surface area contributed by atoms with E-state index in [-0.39, 0.29) is 12.3 Å². The molecule has 1 unspecified atom stereocenters. The van der Waals surface area contributed by atoms with Gasteiger partial charge in [0.15, 0.2) is 0 Å². The predicted molar refractivity (Wildman–Crippen MR) is 66.5 cm³/mol. The van der Waals surface area contributed by atoms with Gasteiger partial charge >= 0.3 is 11.9 Å². The van der Waals surface area contributed by atoms with E-state index >= 15 is 0 Å². The number of hydrogen-bond donors (Lipinski definition) is 1. The molecular weight excluding hydrogens is 400 g/mol. The van der Waals surface area contributed by atoms with E-state index in [1.165, 1.54) is 0 Å². The quantitative estimate of drug-likeness (QED) is 0.571. The third kappa shape index (κ3) is 6.52. The monoisotopic (exact) mass is 408 g/mol. The number of carbonyl (C=O) groups is 2. The zero-order chi connectivity index (χ0) is 12.2. The van der Waals surface area contributed by atoms with Gasteiger partial charge in [-0.25, -0.2) is 4.79 Å². The molecule has 1 atom stereocenters. The number of esters is 1. The third-order valence-corrected chi connectivity index (χ3v) is 2.58. The molecule has 1 N–H and O–H groups in total. The largest absolute Gasteiger partial charge is 0.481 e. The van der Waals surface area contributed by atoms with Crippen molar-refractivity contribution in [3.63, 3.8) is 0 Å². The summed E-state index contributed by atoms with van der Waals surface area (Å²) in [6.45, 7) is 3.58. The molecular formula is C8H11Br3O4. The molecule has 7 heteroatoms. The Hall–Kier alpha value is 0.380. The highest BCUT2D eigenvalue weighted by molar-refractivity contribution is 9.40. The minimum absolute atomic E-state index is 0.0556. The van der Waals surface area contributed by atoms with E-state index in [9.17, 15) is 9.59 Å². The summed E-state index contributed by atoms with van der Waals surface area (Å²) >= 11 is 9.00. The van der Waals surface area contributed by atoms with Crippen molar-refractivity contribution in [2.45, 2.75) is 28.5 Å². The number of rotatable bonds is 4. The van der Waals surface area contributed by atoms with Gasteiger partial charge in [0.1, 0.15) is 6.10 Å². The lowest BCUT2D eigenvalue weighted by Gasteiger charge is -2.22. The van der Waals surface area contributed by atoms with Crippen LogP contribution in [-0.2, 0) is 14.3 Å². The molecule has 4 nitrogen and oxygen atoms in total. The van der Waals surface area contributed by atoms with Crippen molar-refractivity contribution in [2.24, 2.45) is 5.92 Å². The van der Waals surface area contributed by atoms with Gasteiger partial charge < -0.3 is 9.84 Å². The zero-order valence-corrected chi connectivity index (χ0v) is 12.9. The van der Waals surface area contributed by atoms with Crippen LogP contribution in [0.15, 0.2) is 0 Å². The maximum absolute atomic E-state index is 11.4. The van der Waals surface area contributed by atoms with Gasteiger partial charge in [0, 0.05) is 0 Å². The number of carboxylic acids is 1. The molecule has 88 valence electrons. The first kappa shape index (κ1) is 15.4. The summed E-state index contributed by atoms with van der Waals surface area (Å²) in [6.07, 6.45) is -0.839. The minimum Gasteiger partial charge on any atom is -0.481 e. The molecule has 0 rings (SSSR count). The Bertz CT molecular complexity index is 247. The number of hydrogen-bond acceptors (Lipinski definition) is 3. The van der Waals surface area contributed by atoms with Crippen LogP contribution in [0.2, 0.25) is 0 Å².